The van der Waals surface area contributed by atoms with Crippen molar-refractivity contribution in [1.82, 2.24) is 5.32 Å². The number of amides is 1. The summed E-state index contributed by atoms with van der Waals surface area (Å²) in [4.78, 5) is 22.5. The van der Waals surface area contributed by atoms with Gasteiger partial charge in [0.2, 0.25) is 0 Å². The van der Waals surface area contributed by atoms with Crippen LogP contribution in [0.3, 0.4) is 0 Å². The number of halogens is 1. The third kappa shape index (κ3) is 5.61. The van der Waals surface area contributed by atoms with Crippen molar-refractivity contribution in [2.75, 3.05) is 13.2 Å². The van der Waals surface area contributed by atoms with Gasteiger partial charge in [-0.25, -0.2) is 4.79 Å². The fraction of sp³-hybridized carbons (Fsp3) is 0.429. The number of carboxylic acid groups (broad SMARTS) is 1. The van der Waals surface area contributed by atoms with Gasteiger partial charge in [0.25, 0.3) is 5.91 Å². The summed E-state index contributed by atoms with van der Waals surface area (Å²) in [6.07, 6.45) is 0.910. The van der Waals surface area contributed by atoms with E-state index in [1.165, 1.54) is 6.07 Å². The van der Waals surface area contributed by atoms with E-state index in [9.17, 15) is 9.59 Å². The largest absolute Gasteiger partial charge is 0.484 e. The first kappa shape index (κ1) is 16.5. The number of aromatic carboxylic acids is 1. The van der Waals surface area contributed by atoms with Crippen molar-refractivity contribution in [3.05, 3.63) is 28.2 Å². The van der Waals surface area contributed by atoms with Crippen LogP contribution in [0.5, 0.6) is 5.75 Å². The molecule has 1 amide bonds. The van der Waals surface area contributed by atoms with Crippen LogP contribution in [0.2, 0.25) is 0 Å². The van der Waals surface area contributed by atoms with Crippen molar-refractivity contribution < 1.29 is 19.4 Å². The molecule has 5 nitrogen and oxygen atoms in total. The Labute approximate surface area is 126 Å². The molecule has 0 atom stereocenters. The van der Waals surface area contributed by atoms with Gasteiger partial charge < -0.3 is 15.2 Å². The minimum absolute atomic E-state index is 0.0997. The molecule has 0 radical (unpaired) electrons. The zero-order chi connectivity index (χ0) is 15.1. The molecule has 0 aliphatic rings. The fourth-order valence-electron chi connectivity index (χ4n) is 1.46. The van der Waals surface area contributed by atoms with Crippen molar-refractivity contribution >= 4 is 27.8 Å². The minimum Gasteiger partial charge on any atom is -0.484 e. The molecular weight excluding hydrogens is 326 g/mol. The Morgan fingerprint density at radius 1 is 1.40 bits per heavy atom. The van der Waals surface area contributed by atoms with Crippen molar-refractivity contribution in [3.63, 3.8) is 0 Å². The lowest BCUT2D eigenvalue weighted by atomic mass is 10.1. The van der Waals surface area contributed by atoms with Crippen molar-refractivity contribution in [2.24, 2.45) is 5.92 Å². The molecule has 0 saturated carbocycles. The summed E-state index contributed by atoms with van der Waals surface area (Å²) in [5, 5.41) is 11.7. The lowest BCUT2D eigenvalue weighted by molar-refractivity contribution is -0.123. The first-order valence-electron chi connectivity index (χ1n) is 6.32. The summed E-state index contributed by atoms with van der Waals surface area (Å²) < 4.78 is 5.75. The Bertz CT molecular complexity index is 488. The smallest absolute Gasteiger partial charge is 0.336 e. The highest BCUT2D eigenvalue weighted by molar-refractivity contribution is 9.10. The molecule has 0 bridgehead atoms. The molecule has 1 aromatic rings. The maximum absolute atomic E-state index is 11.5. The molecule has 0 unspecified atom stereocenters. The number of carbonyl (C=O) groups is 2. The summed E-state index contributed by atoms with van der Waals surface area (Å²) in [5.74, 6) is -0.389. The summed E-state index contributed by atoms with van der Waals surface area (Å²) >= 11 is 3.14. The van der Waals surface area contributed by atoms with E-state index in [1.54, 1.807) is 12.1 Å². The van der Waals surface area contributed by atoms with Gasteiger partial charge in [0.05, 0.1) is 5.56 Å². The molecule has 0 fully saturated rings. The minimum atomic E-state index is -1.05. The van der Waals surface area contributed by atoms with Gasteiger partial charge in [0, 0.05) is 11.0 Å². The van der Waals surface area contributed by atoms with Gasteiger partial charge in [0.15, 0.2) is 6.61 Å². The number of ether oxygens (including phenoxy) is 1. The lowest BCUT2D eigenvalue weighted by Crippen LogP contribution is -2.30. The van der Waals surface area contributed by atoms with Crippen LogP contribution in [-0.2, 0) is 4.79 Å². The Hall–Kier alpha value is -1.56. The van der Waals surface area contributed by atoms with Crippen LogP contribution in [0.1, 0.15) is 30.6 Å². The van der Waals surface area contributed by atoms with E-state index in [1.807, 2.05) is 0 Å². The third-order valence-electron chi connectivity index (χ3n) is 2.58. The van der Waals surface area contributed by atoms with Crippen LogP contribution >= 0.6 is 15.9 Å². The molecule has 0 saturated heterocycles. The molecule has 20 heavy (non-hydrogen) atoms. The van der Waals surface area contributed by atoms with E-state index in [4.69, 9.17) is 9.84 Å². The SMILES string of the molecule is CC(C)CCNC(=O)COc1ccc(Br)c(C(=O)O)c1. The highest BCUT2D eigenvalue weighted by Gasteiger charge is 2.10. The van der Waals surface area contributed by atoms with E-state index >= 15 is 0 Å². The second kappa shape index (κ2) is 7.89. The summed E-state index contributed by atoms with van der Waals surface area (Å²) in [6, 6.07) is 4.57. The Morgan fingerprint density at radius 3 is 2.70 bits per heavy atom. The van der Waals surface area contributed by atoms with Crippen molar-refractivity contribution in [1.29, 1.82) is 0 Å². The fourth-order valence-corrected chi connectivity index (χ4v) is 1.87. The van der Waals surface area contributed by atoms with Gasteiger partial charge in [-0.1, -0.05) is 13.8 Å². The quantitative estimate of drug-likeness (QED) is 0.797. The van der Waals surface area contributed by atoms with Gasteiger partial charge in [0.1, 0.15) is 5.75 Å². The van der Waals surface area contributed by atoms with Crippen LogP contribution in [-0.4, -0.2) is 30.1 Å². The maximum Gasteiger partial charge on any atom is 0.336 e. The van der Waals surface area contributed by atoms with Gasteiger partial charge in [-0.05, 0) is 46.5 Å². The molecule has 1 rings (SSSR count). The van der Waals surface area contributed by atoms with Crippen LogP contribution in [0.4, 0.5) is 0 Å². The van der Waals surface area contributed by atoms with Crippen LogP contribution in [0, 0.1) is 5.92 Å². The zero-order valence-corrected chi connectivity index (χ0v) is 13.1. The van der Waals surface area contributed by atoms with E-state index in [0.29, 0.717) is 22.7 Å². The van der Waals surface area contributed by atoms with Gasteiger partial charge in [-0.2, -0.15) is 0 Å². The zero-order valence-electron chi connectivity index (χ0n) is 11.5. The van der Waals surface area contributed by atoms with Gasteiger partial charge in [-0.3, -0.25) is 4.79 Å². The van der Waals surface area contributed by atoms with Gasteiger partial charge in [-0.15, -0.1) is 0 Å². The standard InChI is InChI=1S/C14H18BrNO4/c1-9(2)5-6-16-13(17)8-20-10-3-4-12(15)11(7-10)14(18)19/h3-4,7,9H,5-6,8H2,1-2H3,(H,16,17)(H,18,19). The molecule has 0 spiro atoms. The molecule has 0 heterocycles. The number of benzene rings is 1. The number of rotatable bonds is 7. The highest BCUT2D eigenvalue weighted by Crippen LogP contribution is 2.22. The number of hydrogen-bond acceptors (Lipinski definition) is 3. The lowest BCUT2D eigenvalue weighted by Gasteiger charge is -2.09. The Kier molecular flexibility index (Phi) is 6.51. The molecule has 0 aliphatic carbocycles. The van der Waals surface area contributed by atoms with Crippen LogP contribution in [0.25, 0.3) is 0 Å². The summed E-state index contributed by atoms with van der Waals surface area (Å²) in [6.45, 7) is 4.65. The number of carbonyl (C=O) groups excluding carboxylic acids is 1. The number of carboxylic acids is 1. The second-order valence-corrected chi connectivity index (χ2v) is 5.62. The third-order valence-corrected chi connectivity index (χ3v) is 3.27. The van der Waals surface area contributed by atoms with Crippen molar-refractivity contribution in [3.8, 4) is 5.75 Å². The summed E-state index contributed by atoms with van der Waals surface area (Å²) in [5.41, 5.74) is 0.0997. The normalized spacial score (nSPS) is 10.4. The van der Waals surface area contributed by atoms with Crippen LogP contribution in [0.15, 0.2) is 22.7 Å². The molecule has 0 aliphatic heterocycles. The number of nitrogens with one attached hydrogen (secondary N) is 1. The summed E-state index contributed by atoms with van der Waals surface area (Å²) in [7, 11) is 0. The maximum atomic E-state index is 11.5. The highest BCUT2D eigenvalue weighted by atomic mass is 79.9. The predicted molar refractivity (Wildman–Crippen MR) is 79.1 cm³/mol. The Balaban J connectivity index is 2.47. The molecule has 1 aromatic carbocycles. The number of hydrogen-bond donors (Lipinski definition) is 2. The second-order valence-electron chi connectivity index (χ2n) is 4.77. The van der Waals surface area contributed by atoms with E-state index in [0.717, 1.165) is 6.42 Å². The molecule has 0 aromatic heterocycles. The molecule has 6 heteroatoms. The van der Waals surface area contributed by atoms with E-state index < -0.39 is 5.97 Å². The van der Waals surface area contributed by atoms with Gasteiger partial charge >= 0.3 is 5.97 Å². The average Bonchev–Trinajstić information content (AvgIpc) is 2.37. The topological polar surface area (TPSA) is 75.6 Å². The monoisotopic (exact) mass is 343 g/mol. The first-order chi connectivity index (χ1) is 9.40. The van der Waals surface area contributed by atoms with E-state index in [-0.39, 0.29) is 18.1 Å². The first-order valence-corrected chi connectivity index (χ1v) is 7.11. The van der Waals surface area contributed by atoms with Crippen molar-refractivity contribution in [2.45, 2.75) is 20.3 Å². The molecule has 2 N–H and O–H groups in total. The molecular formula is C14H18BrNO4. The average molecular weight is 344 g/mol. The van der Waals surface area contributed by atoms with E-state index in [2.05, 4.69) is 35.1 Å². The molecule has 110 valence electrons. The van der Waals surface area contributed by atoms with Crippen LogP contribution < -0.4 is 10.1 Å². The predicted octanol–water partition coefficient (Wildman–Crippen LogP) is 2.69. The Morgan fingerprint density at radius 2 is 2.10 bits per heavy atom.